The third-order valence-electron chi connectivity index (χ3n) is 7.02. The van der Waals surface area contributed by atoms with Crippen LogP contribution < -0.4 is 0 Å². The largest absolute Gasteiger partial charge is 0.459 e. The Morgan fingerprint density at radius 2 is 1.67 bits per heavy atom. The number of allylic oxidation sites excluding steroid dienone is 1. The maximum atomic E-state index is 13.4. The molecule has 1 N–H and O–H groups in total. The number of nitrogens with zero attached hydrogens (tertiary/aromatic N) is 1. The van der Waals surface area contributed by atoms with Gasteiger partial charge < -0.3 is 19.5 Å². The molecule has 8 heteroatoms. The van der Waals surface area contributed by atoms with Crippen molar-refractivity contribution < 1.29 is 32.5 Å². The van der Waals surface area contributed by atoms with Crippen LogP contribution in [0.2, 0.25) is 0 Å². The molecule has 2 aromatic rings. The number of likely N-dealkylation sites (N-methyl/N-ethyl adjacent to an activating group) is 1. The monoisotopic (exact) mass is 503 g/mol. The van der Waals surface area contributed by atoms with Crippen LogP contribution in [0.4, 0.5) is 13.2 Å². The topological polar surface area (TPSA) is 59.0 Å². The first-order valence-corrected chi connectivity index (χ1v) is 12.4. The summed E-state index contributed by atoms with van der Waals surface area (Å²) in [7, 11) is 1.78. The van der Waals surface area contributed by atoms with Crippen molar-refractivity contribution in [3.63, 3.8) is 0 Å². The number of ether oxygens (including phenoxy) is 2. The fraction of sp³-hybridized carbons (Fsp3) is 0.464. The normalized spacial score (nSPS) is 21.0. The Hall–Kier alpha value is -2.84. The van der Waals surface area contributed by atoms with Crippen molar-refractivity contribution in [3.8, 4) is 0 Å². The summed E-state index contributed by atoms with van der Waals surface area (Å²) in [5.74, 6) is -0.402. The SMILES string of the molecule is CN(C(=O)C1=C[C@@H](c2ccc(C(F)(F)F)cc2)C[C@@H](OCc2ccc(CO)cc2)O1)C1CCCCC1. The average Bonchev–Trinajstić information content (AvgIpc) is 2.91. The molecule has 2 atom stereocenters. The fourth-order valence-electron chi connectivity index (χ4n) is 4.80. The van der Waals surface area contributed by atoms with E-state index >= 15 is 0 Å². The highest BCUT2D eigenvalue weighted by atomic mass is 19.4. The summed E-state index contributed by atoms with van der Waals surface area (Å²) in [5.41, 5.74) is 1.62. The van der Waals surface area contributed by atoms with Crippen LogP contribution in [-0.2, 0) is 33.7 Å². The van der Waals surface area contributed by atoms with Crippen molar-refractivity contribution in [2.45, 2.75) is 76.2 Å². The number of amides is 1. The molecule has 2 aromatic carbocycles. The Bertz CT molecular complexity index is 1040. The molecule has 0 saturated heterocycles. The Kier molecular flexibility index (Phi) is 8.36. The van der Waals surface area contributed by atoms with Gasteiger partial charge in [0, 0.05) is 25.4 Å². The molecule has 36 heavy (non-hydrogen) atoms. The van der Waals surface area contributed by atoms with Crippen LogP contribution in [0.15, 0.2) is 60.4 Å². The number of alkyl halides is 3. The molecule has 5 nitrogen and oxygen atoms in total. The fourth-order valence-corrected chi connectivity index (χ4v) is 4.80. The number of halogens is 3. The lowest BCUT2D eigenvalue weighted by Gasteiger charge is -2.34. The van der Waals surface area contributed by atoms with E-state index in [0.29, 0.717) is 12.0 Å². The summed E-state index contributed by atoms with van der Waals surface area (Å²) < 4.78 is 51.1. The van der Waals surface area contributed by atoms with E-state index in [-0.39, 0.29) is 36.8 Å². The zero-order valence-electron chi connectivity index (χ0n) is 20.3. The van der Waals surface area contributed by atoms with Crippen LogP contribution in [-0.4, -0.2) is 35.3 Å². The molecule has 1 saturated carbocycles. The number of hydrogen-bond donors (Lipinski definition) is 1. The predicted octanol–water partition coefficient (Wildman–Crippen LogP) is 5.92. The molecule has 0 spiro atoms. The van der Waals surface area contributed by atoms with Crippen LogP contribution in [0.1, 0.15) is 66.7 Å². The summed E-state index contributed by atoms with van der Waals surface area (Å²) in [6.07, 6.45) is 2.15. The van der Waals surface area contributed by atoms with Crippen molar-refractivity contribution in [1.82, 2.24) is 4.90 Å². The van der Waals surface area contributed by atoms with Gasteiger partial charge in [-0.1, -0.05) is 55.7 Å². The molecule has 2 aliphatic rings. The number of aliphatic hydroxyl groups excluding tert-OH is 1. The number of aliphatic hydroxyl groups is 1. The zero-order valence-corrected chi connectivity index (χ0v) is 20.3. The molecule has 194 valence electrons. The summed E-state index contributed by atoms with van der Waals surface area (Å²) in [4.78, 5) is 15.1. The van der Waals surface area contributed by atoms with Crippen molar-refractivity contribution in [1.29, 1.82) is 0 Å². The molecule has 4 rings (SSSR count). The maximum Gasteiger partial charge on any atom is 0.416 e. The number of benzene rings is 2. The summed E-state index contributed by atoms with van der Waals surface area (Å²) >= 11 is 0. The van der Waals surface area contributed by atoms with Gasteiger partial charge in [-0.3, -0.25) is 4.79 Å². The van der Waals surface area contributed by atoms with Crippen LogP contribution >= 0.6 is 0 Å². The van der Waals surface area contributed by atoms with Crippen molar-refractivity contribution in [3.05, 3.63) is 82.6 Å². The van der Waals surface area contributed by atoms with Gasteiger partial charge in [-0.05, 0) is 47.7 Å². The number of rotatable bonds is 7. The number of carbonyl (C=O) groups is 1. The molecule has 0 bridgehead atoms. The Labute approximate surface area is 209 Å². The van der Waals surface area contributed by atoms with Gasteiger partial charge in [0.2, 0.25) is 6.29 Å². The van der Waals surface area contributed by atoms with Gasteiger partial charge in [0.15, 0.2) is 5.76 Å². The van der Waals surface area contributed by atoms with Crippen LogP contribution in [0.25, 0.3) is 0 Å². The molecule has 0 unspecified atom stereocenters. The third kappa shape index (κ3) is 6.48. The molecule has 1 heterocycles. The second kappa shape index (κ2) is 11.5. The highest BCUT2D eigenvalue weighted by Crippen LogP contribution is 2.35. The van der Waals surface area contributed by atoms with Gasteiger partial charge in [0.1, 0.15) is 0 Å². The third-order valence-corrected chi connectivity index (χ3v) is 7.02. The minimum absolute atomic E-state index is 0.0491. The van der Waals surface area contributed by atoms with E-state index in [2.05, 4.69) is 0 Å². The zero-order chi connectivity index (χ0) is 25.7. The van der Waals surface area contributed by atoms with Gasteiger partial charge in [-0.15, -0.1) is 0 Å². The lowest BCUT2D eigenvalue weighted by atomic mass is 9.91. The lowest BCUT2D eigenvalue weighted by molar-refractivity contribution is -0.156. The summed E-state index contributed by atoms with van der Waals surface area (Å²) in [5, 5.41) is 9.23. The van der Waals surface area contributed by atoms with Gasteiger partial charge in [0.25, 0.3) is 5.91 Å². The van der Waals surface area contributed by atoms with Crippen LogP contribution in [0.5, 0.6) is 0 Å². The van der Waals surface area contributed by atoms with Crippen LogP contribution in [0.3, 0.4) is 0 Å². The van der Waals surface area contributed by atoms with E-state index in [1.54, 1.807) is 30.2 Å². The summed E-state index contributed by atoms with van der Waals surface area (Å²) in [6, 6.07) is 12.5. The lowest BCUT2D eigenvalue weighted by Crippen LogP contribution is -2.41. The molecule has 1 aliphatic heterocycles. The molecular formula is C28H32F3NO4. The van der Waals surface area contributed by atoms with E-state index in [1.165, 1.54) is 18.6 Å². The quantitative estimate of drug-likeness (QED) is 0.510. The van der Waals surface area contributed by atoms with E-state index in [9.17, 15) is 23.1 Å². The smallest absolute Gasteiger partial charge is 0.416 e. The first-order valence-electron chi connectivity index (χ1n) is 12.4. The van der Waals surface area contributed by atoms with Gasteiger partial charge in [-0.2, -0.15) is 13.2 Å². The van der Waals surface area contributed by atoms with Gasteiger partial charge >= 0.3 is 6.18 Å². The van der Waals surface area contributed by atoms with E-state index in [1.807, 2.05) is 12.1 Å². The Morgan fingerprint density at radius 1 is 1.03 bits per heavy atom. The second-order valence-electron chi connectivity index (χ2n) is 9.53. The van der Waals surface area contributed by atoms with E-state index < -0.39 is 18.0 Å². The molecule has 1 amide bonds. The number of hydrogen-bond acceptors (Lipinski definition) is 4. The maximum absolute atomic E-state index is 13.4. The van der Waals surface area contributed by atoms with Crippen molar-refractivity contribution in [2.24, 2.45) is 0 Å². The van der Waals surface area contributed by atoms with Crippen molar-refractivity contribution in [2.75, 3.05) is 7.05 Å². The predicted molar refractivity (Wildman–Crippen MR) is 129 cm³/mol. The Morgan fingerprint density at radius 3 is 2.28 bits per heavy atom. The highest BCUT2D eigenvalue weighted by Gasteiger charge is 2.34. The van der Waals surface area contributed by atoms with Crippen LogP contribution in [0, 0.1) is 0 Å². The standard InChI is InChI=1S/C28H32F3NO4/c1-32(24-5-3-2-4-6-24)27(34)25-15-22(21-11-13-23(14-12-21)28(29,30)31)16-26(36-25)35-18-20-9-7-19(17-33)8-10-20/h7-15,22,24,26,33H,2-6,16-18H2,1H3/t22-,26+/m1/s1. The minimum Gasteiger partial charge on any atom is -0.459 e. The number of carbonyl (C=O) groups excluding carboxylic acids is 1. The molecule has 1 aliphatic carbocycles. The van der Waals surface area contributed by atoms with E-state index in [0.717, 1.165) is 48.9 Å². The first kappa shape index (κ1) is 26.2. The molecule has 0 aromatic heterocycles. The second-order valence-corrected chi connectivity index (χ2v) is 9.53. The highest BCUT2D eigenvalue weighted by molar-refractivity contribution is 5.91. The van der Waals surface area contributed by atoms with Gasteiger partial charge in [-0.25, -0.2) is 0 Å². The van der Waals surface area contributed by atoms with E-state index in [4.69, 9.17) is 9.47 Å². The van der Waals surface area contributed by atoms with Crippen molar-refractivity contribution >= 4 is 5.91 Å². The molecular weight excluding hydrogens is 471 g/mol. The molecule has 1 fully saturated rings. The Balaban J connectivity index is 1.53. The molecule has 0 radical (unpaired) electrons. The first-order chi connectivity index (χ1) is 17.2. The minimum atomic E-state index is -4.41. The van der Waals surface area contributed by atoms with Gasteiger partial charge in [0.05, 0.1) is 18.8 Å². The summed E-state index contributed by atoms with van der Waals surface area (Å²) in [6.45, 7) is 0.183. The average molecular weight is 504 g/mol.